The molecule has 1 N–H and O–H groups in total. The molecule has 0 unspecified atom stereocenters. The summed E-state index contributed by atoms with van der Waals surface area (Å²) in [6.07, 6.45) is 1.86. The fourth-order valence-corrected chi connectivity index (χ4v) is 2.10. The van der Waals surface area contributed by atoms with E-state index in [1.807, 2.05) is 0 Å². The minimum Gasteiger partial charge on any atom is -0.346 e. The van der Waals surface area contributed by atoms with Gasteiger partial charge in [-0.1, -0.05) is 23.2 Å². The van der Waals surface area contributed by atoms with Crippen LogP contribution in [0, 0.1) is 0 Å². The van der Waals surface area contributed by atoms with Crippen LogP contribution in [0.2, 0.25) is 10.0 Å². The smallest absolute Gasteiger partial charge is 0.207 e. The molecular formula is C11H9Cl2NO2. The van der Waals surface area contributed by atoms with Crippen LogP contribution >= 0.6 is 23.2 Å². The topological polar surface area (TPSA) is 46.2 Å². The van der Waals surface area contributed by atoms with Gasteiger partial charge in [0.15, 0.2) is 5.78 Å². The van der Waals surface area contributed by atoms with Crippen molar-refractivity contribution in [2.45, 2.75) is 18.4 Å². The van der Waals surface area contributed by atoms with Gasteiger partial charge in [0.05, 0.1) is 5.02 Å². The molecule has 1 aliphatic carbocycles. The Morgan fingerprint density at radius 1 is 1.38 bits per heavy atom. The number of carbonyl (C=O) groups is 2. The molecule has 84 valence electrons. The Morgan fingerprint density at radius 3 is 2.56 bits per heavy atom. The van der Waals surface area contributed by atoms with Gasteiger partial charge in [-0.15, -0.1) is 0 Å². The maximum absolute atomic E-state index is 12.1. The van der Waals surface area contributed by atoms with E-state index in [0.717, 1.165) is 0 Å². The molecule has 0 aliphatic heterocycles. The molecule has 1 amide bonds. The normalized spacial score (nSPS) is 16.6. The summed E-state index contributed by atoms with van der Waals surface area (Å²) in [6, 6.07) is 4.71. The number of hydrogen-bond donors (Lipinski definition) is 1. The molecule has 0 spiro atoms. The number of nitrogens with one attached hydrogen (secondary N) is 1. The first-order valence-corrected chi connectivity index (χ1v) is 5.56. The quantitative estimate of drug-likeness (QED) is 0.666. The molecule has 1 aromatic rings. The second-order valence-electron chi connectivity index (χ2n) is 3.80. The van der Waals surface area contributed by atoms with Crippen LogP contribution in [0.3, 0.4) is 0 Å². The van der Waals surface area contributed by atoms with Gasteiger partial charge in [0.25, 0.3) is 0 Å². The van der Waals surface area contributed by atoms with E-state index in [1.54, 1.807) is 12.1 Å². The molecule has 0 bridgehead atoms. The molecule has 1 fully saturated rings. The van der Waals surface area contributed by atoms with Crippen LogP contribution in [0.1, 0.15) is 23.2 Å². The van der Waals surface area contributed by atoms with Gasteiger partial charge >= 0.3 is 0 Å². The number of Topliss-reactive ketones (excluding diaryl/α,β-unsaturated/α-hetero) is 1. The molecule has 1 saturated carbocycles. The van der Waals surface area contributed by atoms with Gasteiger partial charge in [-0.25, -0.2) is 0 Å². The van der Waals surface area contributed by atoms with Gasteiger partial charge in [0.1, 0.15) is 5.54 Å². The molecule has 0 heterocycles. The van der Waals surface area contributed by atoms with E-state index < -0.39 is 5.54 Å². The molecule has 5 heteroatoms. The summed E-state index contributed by atoms with van der Waals surface area (Å²) in [6.45, 7) is 0. The van der Waals surface area contributed by atoms with Gasteiger partial charge in [-0.05, 0) is 31.0 Å². The summed E-state index contributed by atoms with van der Waals surface area (Å²) in [5, 5.41) is 3.35. The number of hydrogen-bond acceptors (Lipinski definition) is 2. The lowest BCUT2D eigenvalue weighted by molar-refractivity contribution is -0.110. The van der Waals surface area contributed by atoms with Gasteiger partial charge in [-0.3, -0.25) is 9.59 Å². The van der Waals surface area contributed by atoms with Crippen LogP contribution in [-0.2, 0) is 4.79 Å². The van der Waals surface area contributed by atoms with E-state index in [-0.39, 0.29) is 5.78 Å². The van der Waals surface area contributed by atoms with Gasteiger partial charge in [-0.2, -0.15) is 0 Å². The fraction of sp³-hybridized carbons (Fsp3) is 0.273. The van der Waals surface area contributed by atoms with Gasteiger partial charge in [0.2, 0.25) is 6.41 Å². The van der Waals surface area contributed by atoms with Crippen molar-refractivity contribution in [2.24, 2.45) is 0 Å². The van der Waals surface area contributed by atoms with Crippen molar-refractivity contribution in [2.75, 3.05) is 0 Å². The predicted molar refractivity (Wildman–Crippen MR) is 62.0 cm³/mol. The minimum absolute atomic E-state index is 0.152. The molecule has 16 heavy (non-hydrogen) atoms. The first-order chi connectivity index (χ1) is 7.59. The minimum atomic E-state index is -0.737. The van der Waals surface area contributed by atoms with Crippen LogP contribution in [-0.4, -0.2) is 17.7 Å². The molecule has 0 atom stereocenters. The third-order valence-electron chi connectivity index (χ3n) is 2.70. The van der Waals surface area contributed by atoms with Crippen LogP contribution in [0.15, 0.2) is 18.2 Å². The predicted octanol–water partition coefficient (Wildman–Crippen LogP) is 2.45. The standard InChI is InChI=1S/C11H9Cl2NO2/c12-7-1-2-8(9(13)5-7)10(16)11(3-4-11)14-6-15/h1-2,5-6H,3-4H2,(H,14,15). The highest BCUT2D eigenvalue weighted by atomic mass is 35.5. The van der Waals surface area contributed by atoms with E-state index in [1.165, 1.54) is 6.07 Å². The zero-order valence-corrected chi connectivity index (χ0v) is 9.81. The maximum Gasteiger partial charge on any atom is 0.207 e. The van der Waals surface area contributed by atoms with Crippen molar-refractivity contribution in [1.29, 1.82) is 0 Å². The lowest BCUT2D eigenvalue weighted by Gasteiger charge is -2.13. The molecule has 1 aromatic carbocycles. The monoisotopic (exact) mass is 257 g/mol. The third kappa shape index (κ3) is 1.93. The molecule has 0 saturated heterocycles. The van der Waals surface area contributed by atoms with E-state index >= 15 is 0 Å². The second kappa shape index (κ2) is 4.07. The maximum atomic E-state index is 12.1. The van der Waals surface area contributed by atoms with Crippen molar-refractivity contribution in [1.82, 2.24) is 5.32 Å². The van der Waals surface area contributed by atoms with Gasteiger partial charge in [0, 0.05) is 10.6 Å². The number of benzene rings is 1. The number of halogens is 2. The number of rotatable bonds is 4. The largest absolute Gasteiger partial charge is 0.346 e. The Kier molecular flexibility index (Phi) is 2.91. The van der Waals surface area contributed by atoms with E-state index in [2.05, 4.69) is 5.32 Å². The number of ketones is 1. The van der Waals surface area contributed by atoms with Crippen LogP contribution < -0.4 is 5.32 Å². The third-order valence-corrected chi connectivity index (χ3v) is 3.24. The summed E-state index contributed by atoms with van der Waals surface area (Å²) in [4.78, 5) is 22.5. The highest BCUT2D eigenvalue weighted by Gasteiger charge is 2.50. The van der Waals surface area contributed by atoms with Crippen LogP contribution in [0.4, 0.5) is 0 Å². The number of amides is 1. The first kappa shape index (κ1) is 11.4. The van der Waals surface area contributed by atoms with Gasteiger partial charge < -0.3 is 5.32 Å². The zero-order valence-electron chi connectivity index (χ0n) is 8.30. The van der Waals surface area contributed by atoms with Crippen molar-refractivity contribution in [3.8, 4) is 0 Å². The molecule has 2 rings (SSSR count). The van der Waals surface area contributed by atoms with E-state index in [9.17, 15) is 9.59 Å². The van der Waals surface area contributed by atoms with E-state index in [4.69, 9.17) is 23.2 Å². The van der Waals surface area contributed by atoms with E-state index in [0.29, 0.717) is 34.9 Å². The van der Waals surface area contributed by atoms with Crippen molar-refractivity contribution >= 4 is 35.4 Å². The summed E-state index contributed by atoms with van der Waals surface area (Å²) < 4.78 is 0. The molecular weight excluding hydrogens is 249 g/mol. The highest BCUT2D eigenvalue weighted by molar-refractivity contribution is 6.37. The zero-order chi connectivity index (χ0) is 11.8. The molecule has 1 aliphatic rings. The average Bonchev–Trinajstić information content (AvgIpc) is 2.99. The molecule has 0 radical (unpaired) electrons. The highest BCUT2D eigenvalue weighted by Crippen LogP contribution is 2.39. The molecule has 3 nitrogen and oxygen atoms in total. The first-order valence-electron chi connectivity index (χ1n) is 4.80. The Hall–Kier alpha value is -1.06. The fourth-order valence-electron chi connectivity index (χ4n) is 1.61. The Balaban J connectivity index is 2.31. The van der Waals surface area contributed by atoms with Crippen molar-refractivity contribution in [3.63, 3.8) is 0 Å². The summed E-state index contributed by atoms with van der Waals surface area (Å²) in [5.74, 6) is -0.152. The van der Waals surface area contributed by atoms with Crippen molar-refractivity contribution < 1.29 is 9.59 Å². The summed E-state index contributed by atoms with van der Waals surface area (Å²) >= 11 is 11.7. The molecule has 0 aromatic heterocycles. The summed E-state index contributed by atoms with van der Waals surface area (Å²) in [5.41, 5.74) is -0.336. The lowest BCUT2D eigenvalue weighted by atomic mass is 10.0. The Bertz CT molecular complexity index is 455. The summed E-state index contributed by atoms with van der Waals surface area (Å²) in [7, 11) is 0. The SMILES string of the molecule is O=CNC1(C(=O)c2ccc(Cl)cc2Cl)CC1. The number of carbonyl (C=O) groups excluding carboxylic acids is 2. The Labute approximate surface area is 103 Å². The lowest BCUT2D eigenvalue weighted by Crippen LogP contribution is -2.38. The van der Waals surface area contributed by atoms with Crippen LogP contribution in [0.25, 0.3) is 0 Å². The average molecular weight is 258 g/mol. The van der Waals surface area contributed by atoms with Crippen molar-refractivity contribution in [3.05, 3.63) is 33.8 Å². The second-order valence-corrected chi connectivity index (χ2v) is 4.64. The Morgan fingerprint density at radius 2 is 2.06 bits per heavy atom. The van der Waals surface area contributed by atoms with Crippen LogP contribution in [0.5, 0.6) is 0 Å².